The average Bonchev–Trinajstić information content (AvgIpc) is 2.79. The molecule has 4 aromatic rings. The molecule has 0 bridgehead atoms. The Labute approximate surface area is 186 Å². The molecule has 4 heteroatoms. The van der Waals surface area contributed by atoms with Gasteiger partial charge in [0.15, 0.2) is 0 Å². The summed E-state index contributed by atoms with van der Waals surface area (Å²) in [7, 11) is 0. The van der Waals surface area contributed by atoms with Crippen LogP contribution in [0.3, 0.4) is 0 Å². The van der Waals surface area contributed by atoms with Gasteiger partial charge in [-0.2, -0.15) is 0 Å². The standard InChI is InChI=1S/C26H20Cl2O2/c27-23-17-21(19-7-3-1-4-8-19)11-13-25(23)29-15-16-30-26-14-12-22(18-24(26)28)20-9-5-2-6-10-20/h1-14,17-18H,15-16H2. The van der Waals surface area contributed by atoms with Gasteiger partial charge in [-0.1, -0.05) is 96.0 Å². The number of hydrogen-bond acceptors (Lipinski definition) is 2. The SMILES string of the molecule is Clc1cc(-c2ccccc2)ccc1OCCOc1ccc(-c2ccccc2)cc1Cl. The van der Waals surface area contributed by atoms with Gasteiger partial charge in [0.1, 0.15) is 24.7 Å². The second kappa shape index (κ2) is 9.71. The van der Waals surface area contributed by atoms with E-state index >= 15 is 0 Å². The molecule has 2 nitrogen and oxygen atoms in total. The summed E-state index contributed by atoms with van der Waals surface area (Å²) in [5.74, 6) is 1.26. The molecule has 0 saturated carbocycles. The predicted molar refractivity (Wildman–Crippen MR) is 125 cm³/mol. The molecule has 4 aromatic carbocycles. The molecule has 0 aliphatic rings. The van der Waals surface area contributed by atoms with Crippen LogP contribution in [0.15, 0.2) is 97.1 Å². The minimum atomic E-state index is 0.362. The summed E-state index contributed by atoms with van der Waals surface area (Å²) < 4.78 is 11.6. The molecule has 0 fully saturated rings. The number of hydrogen-bond donors (Lipinski definition) is 0. The Morgan fingerprint density at radius 2 is 0.867 bits per heavy atom. The lowest BCUT2D eigenvalue weighted by Gasteiger charge is -2.12. The number of ether oxygens (including phenoxy) is 2. The molecule has 150 valence electrons. The molecule has 0 aliphatic carbocycles. The quantitative estimate of drug-likeness (QED) is 0.276. The van der Waals surface area contributed by atoms with Gasteiger partial charge in [-0.25, -0.2) is 0 Å². The van der Waals surface area contributed by atoms with Gasteiger partial charge < -0.3 is 9.47 Å². The Balaban J connectivity index is 1.33. The van der Waals surface area contributed by atoms with Crippen molar-refractivity contribution in [3.05, 3.63) is 107 Å². The van der Waals surface area contributed by atoms with Crippen LogP contribution in [0, 0.1) is 0 Å². The van der Waals surface area contributed by atoms with Gasteiger partial charge in [-0.15, -0.1) is 0 Å². The zero-order valence-corrected chi connectivity index (χ0v) is 17.7. The average molecular weight is 435 g/mol. The van der Waals surface area contributed by atoms with Crippen LogP contribution in [0.1, 0.15) is 0 Å². The second-order valence-electron chi connectivity index (χ2n) is 6.72. The minimum Gasteiger partial charge on any atom is -0.488 e. The van der Waals surface area contributed by atoms with E-state index in [9.17, 15) is 0 Å². The Hall–Kier alpha value is -2.94. The van der Waals surface area contributed by atoms with Crippen LogP contribution >= 0.6 is 23.2 Å². The van der Waals surface area contributed by atoms with Crippen LogP contribution in [0.25, 0.3) is 22.3 Å². The normalized spacial score (nSPS) is 10.6. The Bertz CT molecular complexity index is 1020. The first-order chi connectivity index (χ1) is 14.7. The molecule has 0 aliphatic heterocycles. The van der Waals surface area contributed by atoms with Crippen molar-refractivity contribution in [3.8, 4) is 33.8 Å². The molecule has 0 saturated heterocycles. The topological polar surface area (TPSA) is 18.5 Å². The first kappa shape index (κ1) is 20.3. The van der Waals surface area contributed by atoms with E-state index in [1.807, 2.05) is 97.1 Å². The highest BCUT2D eigenvalue weighted by atomic mass is 35.5. The van der Waals surface area contributed by atoms with Gasteiger partial charge in [0.2, 0.25) is 0 Å². The fourth-order valence-electron chi connectivity index (χ4n) is 3.16. The van der Waals surface area contributed by atoms with Gasteiger partial charge in [0.05, 0.1) is 10.0 Å². The predicted octanol–water partition coefficient (Wildman–Crippen LogP) is 7.79. The maximum Gasteiger partial charge on any atom is 0.138 e. The smallest absolute Gasteiger partial charge is 0.138 e. The fourth-order valence-corrected chi connectivity index (χ4v) is 3.63. The van der Waals surface area contributed by atoms with E-state index < -0.39 is 0 Å². The van der Waals surface area contributed by atoms with E-state index in [1.165, 1.54) is 0 Å². The molecule has 0 heterocycles. The summed E-state index contributed by atoms with van der Waals surface area (Å²) in [6.07, 6.45) is 0. The third kappa shape index (κ3) is 4.96. The molecule has 0 unspecified atom stereocenters. The zero-order chi connectivity index (χ0) is 20.8. The first-order valence-corrected chi connectivity index (χ1v) is 10.4. The number of rotatable bonds is 7. The molecule has 0 N–H and O–H groups in total. The van der Waals surface area contributed by atoms with Crippen molar-refractivity contribution in [2.45, 2.75) is 0 Å². The third-order valence-electron chi connectivity index (χ3n) is 4.68. The highest BCUT2D eigenvalue weighted by Crippen LogP contribution is 2.32. The van der Waals surface area contributed by atoms with Crippen LogP contribution in [0.4, 0.5) is 0 Å². The molecule has 4 rings (SSSR count). The molecule has 0 aromatic heterocycles. The monoisotopic (exact) mass is 434 g/mol. The van der Waals surface area contributed by atoms with Crippen molar-refractivity contribution >= 4 is 23.2 Å². The molecular weight excluding hydrogens is 415 g/mol. The summed E-state index contributed by atoms with van der Waals surface area (Å²) >= 11 is 12.8. The van der Waals surface area contributed by atoms with Crippen molar-refractivity contribution in [1.29, 1.82) is 0 Å². The maximum absolute atomic E-state index is 6.39. The summed E-state index contributed by atoms with van der Waals surface area (Å²) in [4.78, 5) is 0. The van der Waals surface area contributed by atoms with E-state index in [0.29, 0.717) is 34.8 Å². The fraction of sp³-hybridized carbons (Fsp3) is 0.0769. The largest absolute Gasteiger partial charge is 0.488 e. The Kier molecular flexibility index (Phi) is 6.58. The molecule has 0 radical (unpaired) electrons. The van der Waals surface area contributed by atoms with Gasteiger partial charge in [0.25, 0.3) is 0 Å². The van der Waals surface area contributed by atoms with E-state index in [2.05, 4.69) is 0 Å². The van der Waals surface area contributed by atoms with Crippen molar-refractivity contribution in [2.75, 3.05) is 13.2 Å². The molecule has 0 atom stereocenters. The van der Waals surface area contributed by atoms with Crippen LogP contribution < -0.4 is 9.47 Å². The van der Waals surface area contributed by atoms with Gasteiger partial charge in [0, 0.05) is 0 Å². The lowest BCUT2D eigenvalue weighted by Crippen LogP contribution is -2.09. The van der Waals surface area contributed by atoms with E-state index in [0.717, 1.165) is 22.3 Å². The highest BCUT2D eigenvalue weighted by Gasteiger charge is 2.07. The third-order valence-corrected chi connectivity index (χ3v) is 5.27. The second-order valence-corrected chi connectivity index (χ2v) is 7.53. The molecule has 0 amide bonds. The summed E-state index contributed by atoms with van der Waals surface area (Å²) in [5.41, 5.74) is 4.33. The van der Waals surface area contributed by atoms with Gasteiger partial charge >= 0.3 is 0 Å². The minimum absolute atomic E-state index is 0.362. The van der Waals surface area contributed by atoms with Crippen LogP contribution in [-0.4, -0.2) is 13.2 Å². The molecule has 0 spiro atoms. The van der Waals surface area contributed by atoms with Crippen molar-refractivity contribution in [1.82, 2.24) is 0 Å². The summed E-state index contributed by atoms with van der Waals surface area (Å²) in [6, 6.07) is 31.8. The van der Waals surface area contributed by atoms with Crippen molar-refractivity contribution < 1.29 is 9.47 Å². The first-order valence-electron chi connectivity index (χ1n) is 9.66. The number of benzene rings is 4. The number of halogens is 2. The summed E-state index contributed by atoms with van der Waals surface area (Å²) in [5, 5.41) is 1.14. The van der Waals surface area contributed by atoms with Crippen LogP contribution in [0.5, 0.6) is 11.5 Å². The van der Waals surface area contributed by atoms with Gasteiger partial charge in [-0.3, -0.25) is 0 Å². The van der Waals surface area contributed by atoms with Gasteiger partial charge in [-0.05, 0) is 46.5 Å². The lowest BCUT2D eigenvalue weighted by molar-refractivity contribution is 0.217. The highest BCUT2D eigenvalue weighted by molar-refractivity contribution is 6.32. The lowest BCUT2D eigenvalue weighted by atomic mass is 10.1. The van der Waals surface area contributed by atoms with E-state index in [1.54, 1.807) is 0 Å². The van der Waals surface area contributed by atoms with Crippen molar-refractivity contribution in [2.24, 2.45) is 0 Å². The van der Waals surface area contributed by atoms with E-state index in [4.69, 9.17) is 32.7 Å². The van der Waals surface area contributed by atoms with Crippen LogP contribution in [0.2, 0.25) is 10.0 Å². The Morgan fingerprint density at radius 1 is 0.467 bits per heavy atom. The van der Waals surface area contributed by atoms with Crippen LogP contribution in [-0.2, 0) is 0 Å². The molecular formula is C26H20Cl2O2. The zero-order valence-electron chi connectivity index (χ0n) is 16.2. The molecule has 30 heavy (non-hydrogen) atoms. The Morgan fingerprint density at radius 3 is 1.23 bits per heavy atom. The maximum atomic E-state index is 6.39. The van der Waals surface area contributed by atoms with E-state index in [-0.39, 0.29) is 0 Å². The summed E-state index contributed by atoms with van der Waals surface area (Å²) in [6.45, 7) is 0.725. The van der Waals surface area contributed by atoms with Crippen molar-refractivity contribution in [3.63, 3.8) is 0 Å².